The number of amides is 1. The highest BCUT2D eigenvalue weighted by Crippen LogP contribution is 2.22. The van der Waals surface area contributed by atoms with Crippen LogP contribution in [-0.4, -0.2) is 31.2 Å². The van der Waals surface area contributed by atoms with E-state index in [0.717, 1.165) is 6.26 Å². The Balaban J connectivity index is 1.94. The molecule has 0 bridgehead atoms. The highest BCUT2D eigenvalue weighted by Gasteiger charge is 2.23. The van der Waals surface area contributed by atoms with Crippen molar-refractivity contribution < 1.29 is 23.8 Å². The molecule has 0 spiro atoms. The molecule has 6 nitrogen and oxygen atoms in total. The van der Waals surface area contributed by atoms with E-state index in [4.69, 9.17) is 37.4 Å². The molecule has 0 saturated heterocycles. The smallest absolute Gasteiger partial charge is 0.377 e. The van der Waals surface area contributed by atoms with E-state index < -0.39 is 18.0 Å². The first-order valence-electron chi connectivity index (χ1n) is 6.38. The first kappa shape index (κ1) is 16.5. The number of ether oxygens (including phenoxy) is 3. The highest BCUT2D eigenvalue weighted by molar-refractivity contribution is 6.35. The number of carbonyl (C=O) groups excluding carboxylic acids is 2. The predicted octanol–water partition coefficient (Wildman–Crippen LogP) is 2.75. The maximum atomic E-state index is 12.0. The number of benzene rings is 1. The molecular weight excluding hydrogens is 333 g/mol. The average Bonchev–Trinajstić information content (AvgIpc) is 2.46. The van der Waals surface area contributed by atoms with E-state index in [9.17, 15) is 9.59 Å². The first-order valence-corrected chi connectivity index (χ1v) is 7.14. The fourth-order valence-electron chi connectivity index (χ4n) is 1.62. The summed E-state index contributed by atoms with van der Waals surface area (Å²) in [6.45, 7) is 2.05. The zero-order chi connectivity index (χ0) is 16.1. The third-order valence-electron chi connectivity index (χ3n) is 2.63. The van der Waals surface area contributed by atoms with Gasteiger partial charge in [-0.25, -0.2) is 4.79 Å². The third kappa shape index (κ3) is 4.54. The number of esters is 1. The van der Waals surface area contributed by atoms with Crippen LogP contribution in [0.4, 0.5) is 5.69 Å². The SMILES string of the molecule is C[C@@H](OC(=O)C1=COCCO1)C(=O)Nc1cc(Cl)cc(Cl)c1. The number of halogens is 2. The van der Waals surface area contributed by atoms with E-state index in [1.54, 1.807) is 0 Å². The van der Waals surface area contributed by atoms with Crippen molar-refractivity contribution in [1.29, 1.82) is 0 Å². The highest BCUT2D eigenvalue weighted by atomic mass is 35.5. The lowest BCUT2D eigenvalue weighted by Gasteiger charge is -2.17. The minimum absolute atomic E-state index is 0.0725. The Kier molecular flexibility index (Phi) is 5.51. The zero-order valence-corrected chi connectivity index (χ0v) is 13.1. The molecule has 118 valence electrons. The van der Waals surface area contributed by atoms with E-state index >= 15 is 0 Å². The molecule has 1 aliphatic rings. The quantitative estimate of drug-likeness (QED) is 0.849. The molecule has 8 heteroatoms. The van der Waals surface area contributed by atoms with Gasteiger partial charge in [-0.3, -0.25) is 4.79 Å². The molecule has 0 aromatic heterocycles. The molecule has 1 aromatic carbocycles. The molecular formula is C14H13Cl2NO5. The Morgan fingerprint density at radius 3 is 2.50 bits per heavy atom. The summed E-state index contributed by atoms with van der Waals surface area (Å²) >= 11 is 11.7. The van der Waals surface area contributed by atoms with Crippen LogP contribution < -0.4 is 5.32 Å². The van der Waals surface area contributed by atoms with Crippen molar-refractivity contribution >= 4 is 40.8 Å². The summed E-state index contributed by atoms with van der Waals surface area (Å²) in [5.41, 5.74) is 0.405. The lowest BCUT2D eigenvalue weighted by Crippen LogP contribution is -2.31. The summed E-state index contributed by atoms with van der Waals surface area (Å²) in [5.74, 6) is -1.37. The molecule has 0 unspecified atom stereocenters. The second-order valence-electron chi connectivity index (χ2n) is 4.40. The third-order valence-corrected chi connectivity index (χ3v) is 3.07. The van der Waals surface area contributed by atoms with Gasteiger partial charge in [0.05, 0.1) is 0 Å². The van der Waals surface area contributed by atoms with Crippen molar-refractivity contribution in [2.24, 2.45) is 0 Å². The first-order chi connectivity index (χ1) is 10.5. The molecule has 2 rings (SSSR count). The van der Waals surface area contributed by atoms with Crippen LogP contribution >= 0.6 is 23.2 Å². The Bertz CT molecular complexity index is 597. The number of rotatable bonds is 4. The number of carbonyl (C=O) groups is 2. The van der Waals surface area contributed by atoms with Crippen molar-refractivity contribution in [3.8, 4) is 0 Å². The minimum Gasteiger partial charge on any atom is -0.493 e. The zero-order valence-electron chi connectivity index (χ0n) is 11.6. The minimum atomic E-state index is -1.03. The lowest BCUT2D eigenvalue weighted by atomic mass is 10.3. The maximum absolute atomic E-state index is 12.0. The molecule has 0 radical (unpaired) electrons. The molecule has 1 amide bonds. The molecule has 0 fully saturated rings. The summed E-state index contributed by atoms with van der Waals surface area (Å²) in [7, 11) is 0. The molecule has 0 aliphatic carbocycles. The second-order valence-corrected chi connectivity index (χ2v) is 5.27. The molecule has 1 aliphatic heterocycles. The van der Waals surface area contributed by atoms with Gasteiger partial charge in [0.25, 0.3) is 5.91 Å². The van der Waals surface area contributed by atoms with E-state index in [-0.39, 0.29) is 12.4 Å². The fourth-order valence-corrected chi connectivity index (χ4v) is 2.14. The maximum Gasteiger partial charge on any atom is 0.377 e. The number of hydrogen-bond acceptors (Lipinski definition) is 5. The normalized spacial score (nSPS) is 15.0. The summed E-state index contributed by atoms with van der Waals surface area (Å²) < 4.78 is 15.0. The summed E-state index contributed by atoms with van der Waals surface area (Å²) in [6, 6.07) is 4.59. The van der Waals surface area contributed by atoms with Crippen LogP contribution in [0.1, 0.15) is 6.92 Å². The Hall–Kier alpha value is -1.92. The van der Waals surface area contributed by atoms with Crippen LogP contribution in [-0.2, 0) is 23.8 Å². The van der Waals surface area contributed by atoms with Gasteiger partial charge < -0.3 is 19.5 Å². The second kappa shape index (κ2) is 7.38. The number of hydrogen-bond donors (Lipinski definition) is 1. The van der Waals surface area contributed by atoms with Gasteiger partial charge in [0.1, 0.15) is 19.5 Å². The molecule has 1 aromatic rings. The van der Waals surface area contributed by atoms with E-state index in [1.165, 1.54) is 25.1 Å². The monoisotopic (exact) mass is 345 g/mol. The van der Waals surface area contributed by atoms with Gasteiger partial charge in [-0.2, -0.15) is 0 Å². The van der Waals surface area contributed by atoms with Gasteiger partial charge in [-0.15, -0.1) is 0 Å². The number of anilines is 1. The molecule has 1 N–H and O–H groups in total. The van der Waals surface area contributed by atoms with Crippen molar-refractivity contribution in [2.45, 2.75) is 13.0 Å². The van der Waals surface area contributed by atoms with Crippen LogP contribution in [0.25, 0.3) is 0 Å². The van der Waals surface area contributed by atoms with Gasteiger partial charge in [0.2, 0.25) is 5.76 Å². The Labute approximate surface area is 136 Å². The van der Waals surface area contributed by atoms with Crippen LogP contribution in [0.2, 0.25) is 10.0 Å². The van der Waals surface area contributed by atoms with Crippen LogP contribution in [0.15, 0.2) is 30.2 Å². The average molecular weight is 346 g/mol. The van der Waals surface area contributed by atoms with Crippen molar-refractivity contribution in [3.05, 3.63) is 40.3 Å². The van der Waals surface area contributed by atoms with Gasteiger partial charge in [0.15, 0.2) is 6.10 Å². The summed E-state index contributed by atoms with van der Waals surface area (Å²) in [4.78, 5) is 23.7. The van der Waals surface area contributed by atoms with Gasteiger partial charge in [-0.1, -0.05) is 23.2 Å². The molecule has 1 atom stereocenters. The fraction of sp³-hybridized carbons (Fsp3) is 0.286. The van der Waals surface area contributed by atoms with Gasteiger partial charge in [0, 0.05) is 15.7 Å². The molecule has 1 heterocycles. The van der Waals surface area contributed by atoms with E-state index in [1.807, 2.05) is 0 Å². The van der Waals surface area contributed by atoms with Crippen LogP contribution in [0.5, 0.6) is 0 Å². The molecule has 22 heavy (non-hydrogen) atoms. The predicted molar refractivity (Wildman–Crippen MR) is 80.6 cm³/mol. The van der Waals surface area contributed by atoms with Gasteiger partial charge in [-0.05, 0) is 25.1 Å². The van der Waals surface area contributed by atoms with Crippen molar-refractivity contribution in [3.63, 3.8) is 0 Å². The Morgan fingerprint density at radius 2 is 1.91 bits per heavy atom. The van der Waals surface area contributed by atoms with Crippen molar-refractivity contribution in [2.75, 3.05) is 18.5 Å². The standard InChI is InChI=1S/C14H13Cl2NO5/c1-8(22-14(19)12-7-20-2-3-21-12)13(18)17-11-5-9(15)4-10(16)6-11/h4-8H,2-3H2,1H3,(H,17,18)/t8-/m1/s1. The Morgan fingerprint density at radius 1 is 1.23 bits per heavy atom. The molecule has 0 saturated carbocycles. The van der Waals surface area contributed by atoms with E-state index in [0.29, 0.717) is 22.3 Å². The lowest BCUT2D eigenvalue weighted by molar-refractivity contribution is -0.153. The number of nitrogens with one attached hydrogen (secondary N) is 1. The summed E-state index contributed by atoms with van der Waals surface area (Å²) in [6.07, 6.45) is 0.129. The van der Waals surface area contributed by atoms with Crippen molar-refractivity contribution in [1.82, 2.24) is 0 Å². The van der Waals surface area contributed by atoms with Crippen LogP contribution in [0.3, 0.4) is 0 Å². The van der Waals surface area contributed by atoms with E-state index in [2.05, 4.69) is 5.32 Å². The summed E-state index contributed by atoms with van der Waals surface area (Å²) in [5, 5.41) is 3.31. The topological polar surface area (TPSA) is 73.9 Å². The largest absolute Gasteiger partial charge is 0.493 e. The van der Waals surface area contributed by atoms with Crippen LogP contribution in [0, 0.1) is 0 Å². The van der Waals surface area contributed by atoms with Gasteiger partial charge >= 0.3 is 5.97 Å².